The predicted octanol–water partition coefficient (Wildman–Crippen LogP) is 5.59. The van der Waals surface area contributed by atoms with Crippen LogP contribution in [-0.4, -0.2) is 54.7 Å². The zero-order chi connectivity index (χ0) is 30.5. The lowest BCUT2D eigenvalue weighted by Crippen LogP contribution is -2.54. The van der Waals surface area contributed by atoms with Crippen LogP contribution in [0.5, 0.6) is 0 Å². The maximum absolute atomic E-state index is 15.1. The minimum Gasteiger partial charge on any atom is -0.444 e. The number of benzene rings is 2. The lowest BCUT2D eigenvalue weighted by atomic mass is 9.80. The van der Waals surface area contributed by atoms with Gasteiger partial charge in [0.1, 0.15) is 17.5 Å². The Morgan fingerprint density at radius 1 is 1.19 bits per heavy atom. The molecule has 1 amide bonds. The molecule has 1 fully saturated rings. The number of H-pyrrole nitrogens is 1. The number of halogens is 2. The monoisotopic (exact) mass is 601 g/mol. The minimum absolute atomic E-state index is 0.143. The summed E-state index contributed by atoms with van der Waals surface area (Å²) >= 11 is 6.76. The van der Waals surface area contributed by atoms with Crippen LogP contribution in [-0.2, 0) is 17.3 Å². The molecule has 0 saturated carbocycles. The van der Waals surface area contributed by atoms with Crippen LogP contribution in [0.4, 0.5) is 15.1 Å². The molecule has 0 spiro atoms. The van der Waals surface area contributed by atoms with Crippen molar-refractivity contribution in [2.75, 3.05) is 18.0 Å². The van der Waals surface area contributed by atoms with Gasteiger partial charge in [-0.15, -0.1) is 0 Å². The number of hydrogen-bond acceptors (Lipinski definition) is 8. The van der Waals surface area contributed by atoms with Crippen molar-refractivity contribution >= 4 is 45.6 Å². The minimum atomic E-state index is -1.01. The normalized spacial score (nSPS) is 15.0. The van der Waals surface area contributed by atoms with Crippen molar-refractivity contribution in [3.63, 3.8) is 0 Å². The standard InChI is InChI=1S/C30H29ClFN9O2/c1-29(2,3)43-28(42)36-30(19-7-5-6-8-20(19)32)11-13-41(14-12-30)27-34-22(15-33)23-25(37-38-26(23)35-27)17-9-10-21-18(24(17)31)16-40(4)39-21/h5-10,16H,11-14H2,1-4H3,(H,36,42)(H,34,35,37,38). The number of carbonyl (C=O) groups excluding carboxylic acids is 1. The van der Waals surface area contributed by atoms with Gasteiger partial charge in [-0.2, -0.15) is 20.4 Å². The van der Waals surface area contributed by atoms with Crippen LogP contribution in [0.15, 0.2) is 42.6 Å². The summed E-state index contributed by atoms with van der Waals surface area (Å²) in [6.45, 7) is 6.08. The van der Waals surface area contributed by atoms with Crippen LogP contribution in [0.25, 0.3) is 33.2 Å². The summed E-state index contributed by atoms with van der Waals surface area (Å²) in [4.78, 5) is 24.0. The Balaban J connectivity index is 1.32. The average Bonchev–Trinajstić information content (AvgIpc) is 3.56. The van der Waals surface area contributed by atoms with E-state index in [1.165, 1.54) is 6.07 Å². The molecule has 6 rings (SSSR count). The molecule has 2 aromatic carbocycles. The number of anilines is 1. The second kappa shape index (κ2) is 10.5. The van der Waals surface area contributed by atoms with Gasteiger partial charge in [-0.05, 0) is 51.8 Å². The van der Waals surface area contributed by atoms with Crippen LogP contribution in [0, 0.1) is 17.1 Å². The van der Waals surface area contributed by atoms with Gasteiger partial charge >= 0.3 is 6.09 Å². The number of ether oxygens (including phenoxy) is 1. The van der Waals surface area contributed by atoms with Gasteiger partial charge in [0.15, 0.2) is 11.3 Å². The molecule has 0 atom stereocenters. The number of nitriles is 1. The summed E-state index contributed by atoms with van der Waals surface area (Å²) in [5, 5.41) is 26.5. The van der Waals surface area contributed by atoms with Crippen LogP contribution in [0.2, 0.25) is 5.02 Å². The van der Waals surface area contributed by atoms with Gasteiger partial charge in [0.25, 0.3) is 0 Å². The summed E-state index contributed by atoms with van der Waals surface area (Å²) in [6.07, 6.45) is 1.90. The first-order chi connectivity index (χ1) is 20.5. The van der Waals surface area contributed by atoms with E-state index in [-0.39, 0.29) is 5.69 Å². The third-order valence-electron chi connectivity index (χ3n) is 7.54. The van der Waals surface area contributed by atoms with Gasteiger partial charge in [-0.3, -0.25) is 9.78 Å². The van der Waals surface area contributed by atoms with Crippen LogP contribution in [0.3, 0.4) is 0 Å². The van der Waals surface area contributed by atoms with E-state index in [0.29, 0.717) is 64.8 Å². The third kappa shape index (κ3) is 5.21. The molecule has 1 saturated heterocycles. The van der Waals surface area contributed by atoms with Gasteiger partial charge in [-0.25, -0.2) is 14.2 Å². The van der Waals surface area contributed by atoms with Gasteiger partial charge < -0.3 is 15.0 Å². The van der Waals surface area contributed by atoms with Crippen LogP contribution >= 0.6 is 11.6 Å². The number of aromatic nitrogens is 6. The molecule has 0 radical (unpaired) electrons. The number of piperidine rings is 1. The van der Waals surface area contributed by atoms with Gasteiger partial charge in [-0.1, -0.05) is 29.8 Å². The van der Waals surface area contributed by atoms with Crippen molar-refractivity contribution in [1.82, 2.24) is 35.3 Å². The zero-order valence-electron chi connectivity index (χ0n) is 24.1. The van der Waals surface area contributed by atoms with Crippen molar-refractivity contribution in [3.05, 3.63) is 64.7 Å². The van der Waals surface area contributed by atoms with Gasteiger partial charge in [0.05, 0.1) is 27.2 Å². The molecule has 1 aliphatic heterocycles. The molecule has 0 unspecified atom stereocenters. The number of hydrogen-bond donors (Lipinski definition) is 2. The molecule has 3 aromatic heterocycles. The van der Waals surface area contributed by atoms with E-state index in [0.717, 1.165) is 10.9 Å². The summed E-state index contributed by atoms with van der Waals surface area (Å²) in [6, 6.07) is 12.3. The Morgan fingerprint density at radius 2 is 1.93 bits per heavy atom. The number of alkyl carbamates (subject to hydrolysis) is 1. The molecule has 220 valence electrons. The Hall–Kier alpha value is -4.76. The quantitative estimate of drug-likeness (QED) is 0.272. The predicted molar refractivity (Wildman–Crippen MR) is 160 cm³/mol. The highest BCUT2D eigenvalue weighted by Crippen LogP contribution is 2.39. The molecule has 4 heterocycles. The molecule has 11 nitrogen and oxygen atoms in total. The highest BCUT2D eigenvalue weighted by molar-refractivity contribution is 6.38. The van der Waals surface area contributed by atoms with E-state index >= 15 is 4.39 Å². The second-order valence-corrected chi connectivity index (χ2v) is 12.0. The van der Waals surface area contributed by atoms with Crippen molar-refractivity contribution < 1.29 is 13.9 Å². The Labute approximate surface area is 251 Å². The van der Waals surface area contributed by atoms with Crippen molar-refractivity contribution in [2.45, 2.75) is 44.8 Å². The molecular formula is C30H29ClFN9O2. The molecule has 13 heteroatoms. The number of amides is 1. The molecule has 1 aliphatic rings. The summed E-state index contributed by atoms with van der Waals surface area (Å²) in [7, 11) is 1.82. The number of aromatic amines is 1. The van der Waals surface area contributed by atoms with Gasteiger partial charge in [0, 0.05) is 42.8 Å². The highest BCUT2D eigenvalue weighted by Gasteiger charge is 2.41. The number of fused-ring (bicyclic) bond motifs is 2. The lowest BCUT2D eigenvalue weighted by molar-refractivity contribution is 0.0428. The van der Waals surface area contributed by atoms with E-state index in [1.54, 1.807) is 43.7 Å². The first-order valence-corrected chi connectivity index (χ1v) is 14.2. The zero-order valence-corrected chi connectivity index (χ0v) is 24.8. The Kier molecular flexibility index (Phi) is 6.93. The van der Waals surface area contributed by atoms with E-state index in [9.17, 15) is 10.1 Å². The Morgan fingerprint density at radius 3 is 2.63 bits per heavy atom. The molecule has 5 aromatic rings. The number of aryl methyl sites for hydroxylation is 1. The fourth-order valence-electron chi connectivity index (χ4n) is 5.60. The molecule has 2 N–H and O–H groups in total. The first kappa shape index (κ1) is 28.4. The number of nitrogens with one attached hydrogen (secondary N) is 2. The smallest absolute Gasteiger partial charge is 0.408 e. The first-order valence-electron chi connectivity index (χ1n) is 13.8. The maximum atomic E-state index is 15.1. The van der Waals surface area contributed by atoms with E-state index < -0.39 is 23.1 Å². The lowest BCUT2D eigenvalue weighted by Gasteiger charge is -2.42. The number of carbonyl (C=O) groups is 1. The maximum Gasteiger partial charge on any atom is 0.408 e. The van der Waals surface area contributed by atoms with Crippen molar-refractivity contribution in [3.8, 4) is 17.3 Å². The second-order valence-electron chi connectivity index (χ2n) is 11.6. The highest BCUT2D eigenvalue weighted by atomic mass is 35.5. The SMILES string of the molecule is Cn1cc2c(Cl)c(-c3[nH]nc4nc(N5CCC(NC(=O)OC(C)(C)C)(c6ccccc6F)CC5)nc(C#N)c34)ccc2n1. The molecule has 0 bridgehead atoms. The van der Waals surface area contributed by atoms with Crippen LogP contribution in [0.1, 0.15) is 44.9 Å². The average molecular weight is 602 g/mol. The fourth-order valence-corrected chi connectivity index (χ4v) is 5.90. The Bertz CT molecular complexity index is 1910. The van der Waals surface area contributed by atoms with E-state index in [1.807, 2.05) is 30.3 Å². The number of rotatable bonds is 4. The summed E-state index contributed by atoms with van der Waals surface area (Å²) < 4.78 is 22.3. The fraction of sp³-hybridized carbons (Fsp3) is 0.333. The molecule has 0 aliphatic carbocycles. The van der Waals surface area contributed by atoms with E-state index in [4.69, 9.17) is 16.3 Å². The molecular weight excluding hydrogens is 573 g/mol. The van der Waals surface area contributed by atoms with Crippen molar-refractivity contribution in [2.24, 2.45) is 7.05 Å². The summed E-state index contributed by atoms with van der Waals surface area (Å²) in [5.74, 6) is -0.0982. The van der Waals surface area contributed by atoms with Gasteiger partial charge in [0.2, 0.25) is 5.95 Å². The molecule has 43 heavy (non-hydrogen) atoms. The number of nitrogens with zero attached hydrogens (tertiary/aromatic N) is 7. The van der Waals surface area contributed by atoms with Crippen LogP contribution < -0.4 is 10.2 Å². The third-order valence-corrected chi connectivity index (χ3v) is 7.95. The van der Waals surface area contributed by atoms with E-state index in [2.05, 4.69) is 36.7 Å². The van der Waals surface area contributed by atoms with Crippen molar-refractivity contribution in [1.29, 1.82) is 5.26 Å². The summed E-state index contributed by atoms with van der Waals surface area (Å²) in [5.41, 5.74) is 1.06. The largest absolute Gasteiger partial charge is 0.444 e. The topological polar surface area (TPSA) is 138 Å².